The third kappa shape index (κ3) is 5.70. The predicted molar refractivity (Wildman–Crippen MR) is 34.2 cm³/mol. The summed E-state index contributed by atoms with van der Waals surface area (Å²) in [4.78, 5) is 0. The molecule has 0 aromatic carbocycles. The lowest BCUT2D eigenvalue weighted by Gasteiger charge is -1.90. The van der Waals surface area contributed by atoms with E-state index in [1.54, 1.807) is 6.92 Å². The highest BCUT2D eigenvalue weighted by Gasteiger charge is 1.89. The Balaban J connectivity index is 3.03. The van der Waals surface area contributed by atoms with E-state index in [1.165, 1.54) is 0 Å². The zero-order valence-electron chi connectivity index (χ0n) is 5.55. The van der Waals surface area contributed by atoms with Crippen LogP contribution in [0.25, 0.3) is 0 Å². The highest BCUT2D eigenvalue weighted by molar-refractivity contribution is 4.81. The average molecular weight is 113 g/mol. The van der Waals surface area contributed by atoms with Crippen LogP contribution in [0.1, 0.15) is 26.7 Å². The van der Waals surface area contributed by atoms with E-state index in [2.05, 4.69) is 6.92 Å². The minimum Gasteiger partial charge on any atom is -0.233 e. The fraction of sp³-hybridized carbons (Fsp3) is 0.714. The van der Waals surface area contributed by atoms with Crippen LogP contribution in [0.3, 0.4) is 0 Å². The minimum absolute atomic E-state index is 0.433. The molecule has 0 fully saturated rings. The van der Waals surface area contributed by atoms with Crippen molar-refractivity contribution in [2.75, 3.05) is 0 Å². The van der Waals surface area contributed by atoms with Crippen molar-refractivity contribution in [2.24, 2.45) is 0 Å². The van der Waals surface area contributed by atoms with Crippen LogP contribution in [0.4, 0.5) is 0 Å². The third-order valence-corrected chi connectivity index (χ3v) is 0.870. The zero-order valence-corrected chi connectivity index (χ0v) is 5.55. The largest absolute Gasteiger partial charge is 0.233 e. The van der Waals surface area contributed by atoms with Gasteiger partial charge in [0.1, 0.15) is 0 Å². The number of hydrogen-bond acceptors (Lipinski definition) is 0. The van der Waals surface area contributed by atoms with Crippen LogP contribution in [0.5, 0.6) is 0 Å². The van der Waals surface area contributed by atoms with Crippen molar-refractivity contribution < 1.29 is 5.11 Å². The highest BCUT2D eigenvalue weighted by Crippen LogP contribution is 1.92. The maximum atomic E-state index is 10.4. The van der Waals surface area contributed by atoms with Gasteiger partial charge in [-0.15, -0.1) is 0 Å². The maximum absolute atomic E-state index is 10.4. The van der Waals surface area contributed by atoms with Crippen LogP contribution in [0.2, 0.25) is 0 Å². The van der Waals surface area contributed by atoms with Crippen molar-refractivity contribution in [1.29, 1.82) is 0 Å². The fourth-order valence-corrected chi connectivity index (χ4v) is 0.455. The Morgan fingerprint density at radius 3 is 2.50 bits per heavy atom. The quantitative estimate of drug-likeness (QED) is 0.500. The minimum atomic E-state index is -0.433. The monoisotopic (exact) mass is 113 g/mol. The Hall–Kier alpha value is -0.300. The summed E-state index contributed by atoms with van der Waals surface area (Å²) >= 11 is 0. The summed E-state index contributed by atoms with van der Waals surface area (Å²) < 4.78 is 0. The topological polar surface area (TPSA) is 19.9 Å². The molecule has 0 rings (SSSR count). The Kier molecular flexibility index (Phi) is 4.67. The molecule has 0 N–H and O–H groups in total. The first-order valence-electron chi connectivity index (χ1n) is 3.08. The molecule has 0 aromatic heterocycles. The van der Waals surface area contributed by atoms with Gasteiger partial charge in [-0.2, -0.15) is 0 Å². The molecule has 8 heavy (non-hydrogen) atoms. The van der Waals surface area contributed by atoms with Gasteiger partial charge in [0.2, 0.25) is 0 Å². The molecule has 47 valence electrons. The van der Waals surface area contributed by atoms with Crippen LogP contribution in [0, 0.1) is 0 Å². The van der Waals surface area contributed by atoms with Gasteiger partial charge in [-0.25, -0.2) is 5.11 Å². The van der Waals surface area contributed by atoms with Crippen LogP contribution in [0.15, 0.2) is 12.2 Å². The summed E-state index contributed by atoms with van der Waals surface area (Å²) in [5.74, 6) is 0. The van der Waals surface area contributed by atoms with E-state index in [-0.39, 0.29) is 0 Å². The van der Waals surface area contributed by atoms with Crippen LogP contribution in [-0.4, -0.2) is 6.10 Å². The standard InChI is InChI=1S/C7H13O/c1-3-4-5-6-7(2)8/h4-5,7H,3,6H2,1-2H3/b5-4+. The predicted octanol–water partition coefficient (Wildman–Crippen LogP) is 2.16. The third-order valence-electron chi connectivity index (χ3n) is 0.870. The first kappa shape index (κ1) is 7.70. The molecule has 1 unspecified atom stereocenters. The summed E-state index contributed by atoms with van der Waals surface area (Å²) in [5.41, 5.74) is 0. The molecule has 1 atom stereocenters. The van der Waals surface area contributed by atoms with Crippen molar-refractivity contribution in [3.05, 3.63) is 12.2 Å². The Bertz CT molecular complexity index is 64.8. The highest BCUT2D eigenvalue weighted by atomic mass is 16.3. The van der Waals surface area contributed by atoms with Gasteiger partial charge in [-0.3, -0.25) is 0 Å². The summed E-state index contributed by atoms with van der Waals surface area (Å²) in [5, 5.41) is 10.4. The second-order valence-electron chi connectivity index (χ2n) is 1.93. The molecule has 1 nitrogen and oxygen atoms in total. The van der Waals surface area contributed by atoms with Gasteiger partial charge in [0, 0.05) is 0 Å². The molecule has 0 bridgehead atoms. The van der Waals surface area contributed by atoms with Gasteiger partial charge in [0.05, 0.1) is 6.10 Å². The zero-order chi connectivity index (χ0) is 6.41. The molecule has 1 heteroatoms. The SMILES string of the molecule is CC/C=C/CC(C)[O]. The molecule has 0 aliphatic heterocycles. The number of hydrogen-bond donors (Lipinski definition) is 0. The van der Waals surface area contributed by atoms with E-state index in [0.717, 1.165) is 6.42 Å². The Morgan fingerprint density at radius 1 is 1.50 bits per heavy atom. The van der Waals surface area contributed by atoms with E-state index in [0.29, 0.717) is 6.42 Å². The van der Waals surface area contributed by atoms with Crippen molar-refractivity contribution in [2.45, 2.75) is 32.8 Å². The summed E-state index contributed by atoms with van der Waals surface area (Å²) in [6, 6.07) is 0. The van der Waals surface area contributed by atoms with Gasteiger partial charge >= 0.3 is 0 Å². The van der Waals surface area contributed by atoms with Crippen LogP contribution < -0.4 is 0 Å². The molecule has 0 aliphatic carbocycles. The number of allylic oxidation sites excluding steroid dienone is 1. The van der Waals surface area contributed by atoms with Crippen molar-refractivity contribution in [3.8, 4) is 0 Å². The summed E-state index contributed by atoms with van der Waals surface area (Å²) in [6.07, 6.45) is 5.24. The van der Waals surface area contributed by atoms with Gasteiger partial charge < -0.3 is 0 Å². The normalized spacial score (nSPS) is 14.9. The second kappa shape index (κ2) is 4.85. The lowest BCUT2D eigenvalue weighted by molar-refractivity contribution is 0.108. The van der Waals surface area contributed by atoms with E-state index >= 15 is 0 Å². The maximum Gasteiger partial charge on any atom is 0.0936 e. The van der Waals surface area contributed by atoms with E-state index < -0.39 is 6.10 Å². The smallest absolute Gasteiger partial charge is 0.0936 e. The van der Waals surface area contributed by atoms with Gasteiger partial charge in [-0.05, 0) is 19.8 Å². The molecule has 0 saturated carbocycles. The van der Waals surface area contributed by atoms with Crippen LogP contribution >= 0.6 is 0 Å². The first-order valence-corrected chi connectivity index (χ1v) is 3.08. The fourth-order valence-electron chi connectivity index (χ4n) is 0.455. The van der Waals surface area contributed by atoms with Gasteiger partial charge in [0.25, 0.3) is 0 Å². The molecule has 0 aliphatic rings. The molecule has 0 heterocycles. The molecule has 0 aromatic rings. The van der Waals surface area contributed by atoms with Crippen molar-refractivity contribution in [1.82, 2.24) is 0 Å². The molecule has 0 amide bonds. The molecular formula is C7H13O. The van der Waals surface area contributed by atoms with E-state index in [9.17, 15) is 5.11 Å². The number of rotatable bonds is 3. The van der Waals surface area contributed by atoms with Gasteiger partial charge in [-0.1, -0.05) is 19.1 Å². The lowest BCUT2D eigenvalue weighted by Crippen LogP contribution is -1.92. The molecule has 0 saturated heterocycles. The van der Waals surface area contributed by atoms with Crippen LogP contribution in [-0.2, 0) is 5.11 Å². The van der Waals surface area contributed by atoms with Crippen molar-refractivity contribution >= 4 is 0 Å². The van der Waals surface area contributed by atoms with Crippen molar-refractivity contribution in [3.63, 3.8) is 0 Å². The average Bonchev–Trinajstić information content (AvgIpc) is 1.66. The Morgan fingerprint density at radius 2 is 2.12 bits per heavy atom. The summed E-state index contributed by atoms with van der Waals surface area (Å²) in [6.45, 7) is 3.74. The van der Waals surface area contributed by atoms with E-state index in [1.807, 2.05) is 12.2 Å². The molecule has 1 radical (unpaired) electrons. The lowest BCUT2D eigenvalue weighted by atomic mass is 10.2. The second-order valence-corrected chi connectivity index (χ2v) is 1.93. The van der Waals surface area contributed by atoms with Gasteiger partial charge in [0.15, 0.2) is 0 Å². The molecular weight excluding hydrogens is 100 g/mol. The summed E-state index contributed by atoms with van der Waals surface area (Å²) in [7, 11) is 0. The first-order chi connectivity index (χ1) is 3.77. The molecule has 0 spiro atoms. The Labute approximate surface area is 51.0 Å². The van der Waals surface area contributed by atoms with E-state index in [4.69, 9.17) is 0 Å².